The standard InChI is InChI=1S/C16H17FN2O/c17-15-7-3-4-12(8-15)9-16(20)19-11-14-6-2-1-5-13(14)10-18/h1-8H,9-11,18H2,(H,19,20). The largest absolute Gasteiger partial charge is 0.352 e. The summed E-state index contributed by atoms with van der Waals surface area (Å²) >= 11 is 0. The van der Waals surface area contributed by atoms with E-state index in [1.165, 1.54) is 12.1 Å². The molecule has 0 spiro atoms. The van der Waals surface area contributed by atoms with E-state index in [1.807, 2.05) is 24.3 Å². The molecule has 2 aromatic carbocycles. The van der Waals surface area contributed by atoms with Crippen LogP contribution in [0.15, 0.2) is 48.5 Å². The lowest BCUT2D eigenvalue weighted by molar-refractivity contribution is -0.120. The van der Waals surface area contributed by atoms with E-state index in [1.54, 1.807) is 12.1 Å². The van der Waals surface area contributed by atoms with Crippen LogP contribution < -0.4 is 11.1 Å². The zero-order valence-corrected chi connectivity index (χ0v) is 11.1. The van der Waals surface area contributed by atoms with Crippen LogP contribution in [-0.4, -0.2) is 5.91 Å². The summed E-state index contributed by atoms with van der Waals surface area (Å²) in [6.45, 7) is 0.872. The second kappa shape index (κ2) is 6.82. The van der Waals surface area contributed by atoms with Crippen molar-refractivity contribution in [2.45, 2.75) is 19.5 Å². The van der Waals surface area contributed by atoms with Gasteiger partial charge >= 0.3 is 0 Å². The third-order valence-electron chi connectivity index (χ3n) is 3.07. The van der Waals surface area contributed by atoms with Gasteiger partial charge in [-0.25, -0.2) is 4.39 Å². The van der Waals surface area contributed by atoms with Crippen LogP contribution in [0.25, 0.3) is 0 Å². The molecule has 104 valence electrons. The Labute approximate surface area is 117 Å². The molecule has 4 heteroatoms. The van der Waals surface area contributed by atoms with E-state index in [2.05, 4.69) is 5.32 Å². The van der Waals surface area contributed by atoms with Crippen molar-refractivity contribution in [2.24, 2.45) is 5.73 Å². The van der Waals surface area contributed by atoms with E-state index in [9.17, 15) is 9.18 Å². The van der Waals surface area contributed by atoms with Gasteiger partial charge in [0, 0.05) is 13.1 Å². The maximum atomic E-state index is 13.0. The number of carbonyl (C=O) groups excluding carboxylic acids is 1. The van der Waals surface area contributed by atoms with Gasteiger partial charge in [-0.05, 0) is 28.8 Å². The molecular formula is C16H17FN2O. The first-order valence-electron chi connectivity index (χ1n) is 6.47. The van der Waals surface area contributed by atoms with Gasteiger partial charge in [0.1, 0.15) is 5.82 Å². The summed E-state index contributed by atoms with van der Waals surface area (Å²) in [6.07, 6.45) is 0.169. The number of carbonyl (C=O) groups is 1. The molecule has 3 N–H and O–H groups in total. The fraction of sp³-hybridized carbons (Fsp3) is 0.188. The Morgan fingerprint density at radius 2 is 1.85 bits per heavy atom. The number of rotatable bonds is 5. The third kappa shape index (κ3) is 3.90. The topological polar surface area (TPSA) is 55.1 Å². The van der Waals surface area contributed by atoms with Crippen molar-refractivity contribution in [1.82, 2.24) is 5.32 Å². The molecule has 0 heterocycles. The van der Waals surface area contributed by atoms with Crippen molar-refractivity contribution in [3.05, 3.63) is 71.0 Å². The van der Waals surface area contributed by atoms with Crippen molar-refractivity contribution in [3.8, 4) is 0 Å². The van der Waals surface area contributed by atoms with Gasteiger partial charge in [-0.1, -0.05) is 36.4 Å². The number of benzene rings is 2. The lowest BCUT2D eigenvalue weighted by Gasteiger charge is -2.09. The first-order valence-corrected chi connectivity index (χ1v) is 6.47. The number of nitrogens with two attached hydrogens (primary N) is 1. The van der Waals surface area contributed by atoms with Crippen LogP contribution in [0, 0.1) is 5.82 Å². The van der Waals surface area contributed by atoms with Crippen LogP contribution in [0.5, 0.6) is 0 Å². The van der Waals surface area contributed by atoms with Crippen molar-refractivity contribution >= 4 is 5.91 Å². The Hall–Kier alpha value is -2.20. The average Bonchev–Trinajstić information content (AvgIpc) is 2.45. The van der Waals surface area contributed by atoms with Crippen molar-refractivity contribution < 1.29 is 9.18 Å². The molecule has 0 atom stereocenters. The Morgan fingerprint density at radius 3 is 2.55 bits per heavy atom. The first kappa shape index (κ1) is 14.2. The van der Waals surface area contributed by atoms with Gasteiger partial charge in [-0.3, -0.25) is 4.79 Å². The fourth-order valence-electron chi connectivity index (χ4n) is 2.02. The molecule has 0 fully saturated rings. The minimum atomic E-state index is -0.330. The summed E-state index contributed by atoms with van der Waals surface area (Å²) in [7, 11) is 0. The van der Waals surface area contributed by atoms with Gasteiger partial charge < -0.3 is 11.1 Å². The molecule has 3 nitrogen and oxygen atoms in total. The Morgan fingerprint density at radius 1 is 1.10 bits per heavy atom. The molecule has 0 aliphatic rings. The van der Waals surface area contributed by atoms with Crippen molar-refractivity contribution in [1.29, 1.82) is 0 Å². The Balaban J connectivity index is 1.92. The van der Waals surface area contributed by atoms with Crippen molar-refractivity contribution in [3.63, 3.8) is 0 Å². The summed E-state index contributed by atoms with van der Waals surface area (Å²) in [4.78, 5) is 11.8. The van der Waals surface area contributed by atoms with Crippen LogP contribution in [0.2, 0.25) is 0 Å². The Kier molecular flexibility index (Phi) is 4.85. The lowest BCUT2D eigenvalue weighted by Crippen LogP contribution is -2.25. The van der Waals surface area contributed by atoms with Crippen LogP contribution in [0.3, 0.4) is 0 Å². The molecule has 20 heavy (non-hydrogen) atoms. The summed E-state index contributed by atoms with van der Waals surface area (Å²) < 4.78 is 13.0. The summed E-state index contributed by atoms with van der Waals surface area (Å²) in [5, 5.41) is 2.82. The third-order valence-corrected chi connectivity index (χ3v) is 3.07. The maximum absolute atomic E-state index is 13.0. The van der Waals surface area contributed by atoms with Crippen LogP contribution in [0.1, 0.15) is 16.7 Å². The maximum Gasteiger partial charge on any atom is 0.224 e. The summed E-state index contributed by atoms with van der Waals surface area (Å²) in [5.41, 5.74) is 8.32. The highest BCUT2D eigenvalue weighted by Crippen LogP contribution is 2.08. The monoisotopic (exact) mass is 272 g/mol. The molecule has 0 radical (unpaired) electrons. The van der Waals surface area contributed by atoms with Crippen LogP contribution >= 0.6 is 0 Å². The normalized spacial score (nSPS) is 10.3. The van der Waals surface area contributed by atoms with Gasteiger partial charge in [-0.2, -0.15) is 0 Å². The second-order valence-corrected chi connectivity index (χ2v) is 4.56. The molecule has 0 saturated carbocycles. The molecule has 0 bridgehead atoms. The minimum Gasteiger partial charge on any atom is -0.352 e. The van der Waals surface area contributed by atoms with Gasteiger partial charge in [0.15, 0.2) is 0 Å². The number of nitrogens with one attached hydrogen (secondary N) is 1. The molecule has 0 aliphatic carbocycles. The smallest absolute Gasteiger partial charge is 0.224 e. The molecule has 1 amide bonds. The van der Waals surface area contributed by atoms with E-state index in [-0.39, 0.29) is 18.1 Å². The second-order valence-electron chi connectivity index (χ2n) is 4.56. The molecule has 0 unspecified atom stereocenters. The number of hydrogen-bond donors (Lipinski definition) is 2. The number of amides is 1. The van der Waals surface area contributed by atoms with Gasteiger partial charge in [0.05, 0.1) is 6.42 Å². The van der Waals surface area contributed by atoms with Crippen LogP contribution in [0.4, 0.5) is 4.39 Å². The average molecular weight is 272 g/mol. The minimum absolute atomic E-state index is 0.137. The zero-order valence-electron chi connectivity index (χ0n) is 11.1. The molecule has 0 aliphatic heterocycles. The quantitative estimate of drug-likeness (QED) is 0.876. The van der Waals surface area contributed by atoms with E-state index >= 15 is 0 Å². The SMILES string of the molecule is NCc1ccccc1CNC(=O)Cc1cccc(F)c1. The first-order chi connectivity index (χ1) is 9.69. The highest BCUT2D eigenvalue weighted by atomic mass is 19.1. The van der Waals surface area contributed by atoms with Gasteiger partial charge in [0.25, 0.3) is 0 Å². The van der Waals surface area contributed by atoms with E-state index < -0.39 is 0 Å². The highest BCUT2D eigenvalue weighted by Gasteiger charge is 2.05. The van der Waals surface area contributed by atoms with E-state index in [0.29, 0.717) is 18.7 Å². The molecule has 2 rings (SSSR count). The number of halogens is 1. The van der Waals surface area contributed by atoms with E-state index in [0.717, 1.165) is 11.1 Å². The van der Waals surface area contributed by atoms with E-state index in [4.69, 9.17) is 5.73 Å². The summed E-state index contributed by atoms with van der Waals surface area (Å²) in [5.74, 6) is -0.466. The highest BCUT2D eigenvalue weighted by molar-refractivity contribution is 5.78. The lowest BCUT2D eigenvalue weighted by atomic mass is 10.1. The molecular weight excluding hydrogens is 255 g/mol. The van der Waals surface area contributed by atoms with Gasteiger partial charge in [-0.15, -0.1) is 0 Å². The predicted octanol–water partition coefficient (Wildman–Crippen LogP) is 2.14. The zero-order chi connectivity index (χ0) is 14.4. The van der Waals surface area contributed by atoms with Crippen molar-refractivity contribution in [2.75, 3.05) is 0 Å². The number of hydrogen-bond acceptors (Lipinski definition) is 2. The fourth-order valence-corrected chi connectivity index (χ4v) is 2.02. The molecule has 0 saturated heterocycles. The van der Waals surface area contributed by atoms with Crippen LogP contribution in [-0.2, 0) is 24.3 Å². The van der Waals surface area contributed by atoms with Gasteiger partial charge in [0.2, 0.25) is 5.91 Å². The Bertz CT molecular complexity index is 599. The predicted molar refractivity (Wildman–Crippen MR) is 76.3 cm³/mol. The molecule has 0 aromatic heterocycles. The summed E-state index contributed by atoms with van der Waals surface area (Å²) in [6, 6.07) is 13.8. The molecule has 2 aromatic rings.